The van der Waals surface area contributed by atoms with Gasteiger partial charge in [0.15, 0.2) is 0 Å². The van der Waals surface area contributed by atoms with Crippen molar-refractivity contribution < 1.29 is 22.7 Å². The molecule has 1 heterocycles. The first-order valence-corrected chi connectivity index (χ1v) is 13.8. The highest BCUT2D eigenvalue weighted by molar-refractivity contribution is 7.92. The number of aryl methyl sites for hydroxylation is 1. The standard InChI is InChI=1S/C28H33N3O5S/c1-4-36-24-13-15-25(16-14-24)37(33,34)31(23-11-9-22(2)10-12-23)21-28(32)30-19-17-29(18-20-30)26-7-5-6-8-27(26)35-3/h5-16H,4,17-21H2,1-3H3. The number of hydrogen-bond acceptors (Lipinski definition) is 6. The van der Waals surface area contributed by atoms with Crippen LogP contribution in [0.2, 0.25) is 0 Å². The predicted octanol–water partition coefficient (Wildman–Crippen LogP) is 3.95. The number of hydrogen-bond donors (Lipinski definition) is 0. The molecule has 0 unspecified atom stereocenters. The Morgan fingerprint density at radius 3 is 2.19 bits per heavy atom. The third kappa shape index (κ3) is 5.99. The molecule has 1 saturated heterocycles. The average molecular weight is 524 g/mol. The van der Waals surface area contributed by atoms with Crippen molar-refractivity contribution in [1.29, 1.82) is 0 Å². The van der Waals surface area contributed by atoms with Crippen molar-refractivity contribution >= 4 is 27.3 Å². The molecule has 3 aromatic rings. The fraction of sp³-hybridized carbons (Fsp3) is 0.321. The van der Waals surface area contributed by atoms with Gasteiger partial charge in [-0.2, -0.15) is 0 Å². The number of rotatable bonds is 9. The summed E-state index contributed by atoms with van der Waals surface area (Å²) in [6.07, 6.45) is 0. The van der Waals surface area contributed by atoms with E-state index in [9.17, 15) is 13.2 Å². The van der Waals surface area contributed by atoms with Crippen LogP contribution in [0.3, 0.4) is 0 Å². The summed E-state index contributed by atoms with van der Waals surface area (Å²) in [5.74, 6) is 1.14. The van der Waals surface area contributed by atoms with Gasteiger partial charge in [-0.15, -0.1) is 0 Å². The monoisotopic (exact) mass is 523 g/mol. The molecule has 0 atom stereocenters. The van der Waals surface area contributed by atoms with Crippen LogP contribution in [0.4, 0.5) is 11.4 Å². The maximum atomic E-state index is 13.7. The number of sulfonamides is 1. The second kappa shape index (κ2) is 11.6. The molecular weight excluding hydrogens is 490 g/mol. The molecule has 1 fully saturated rings. The molecule has 0 spiro atoms. The Hall–Kier alpha value is -3.72. The largest absolute Gasteiger partial charge is 0.495 e. The number of methoxy groups -OCH3 is 1. The minimum Gasteiger partial charge on any atom is -0.495 e. The van der Waals surface area contributed by atoms with Crippen molar-refractivity contribution in [3.8, 4) is 11.5 Å². The van der Waals surface area contributed by atoms with Crippen molar-refractivity contribution in [1.82, 2.24) is 4.90 Å². The molecular formula is C28H33N3O5S. The van der Waals surface area contributed by atoms with E-state index in [-0.39, 0.29) is 17.3 Å². The molecule has 37 heavy (non-hydrogen) atoms. The third-order valence-electron chi connectivity index (χ3n) is 6.38. The minimum atomic E-state index is -3.99. The van der Waals surface area contributed by atoms with Gasteiger partial charge >= 0.3 is 0 Å². The van der Waals surface area contributed by atoms with Crippen LogP contribution in [0.15, 0.2) is 77.7 Å². The van der Waals surface area contributed by atoms with E-state index in [1.54, 1.807) is 36.3 Å². The highest BCUT2D eigenvalue weighted by Gasteiger charge is 2.30. The van der Waals surface area contributed by atoms with Crippen LogP contribution in [0.1, 0.15) is 12.5 Å². The van der Waals surface area contributed by atoms with Crippen LogP contribution in [0.25, 0.3) is 0 Å². The molecule has 0 radical (unpaired) electrons. The highest BCUT2D eigenvalue weighted by atomic mass is 32.2. The topological polar surface area (TPSA) is 79.4 Å². The van der Waals surface area contributed by atoms with Gasteiger partial charge in [-0.05, 0) is 62.4 Å². The van der Waals surface area contributed by atoms with E-state index >= 15 is 0 Å². The van der Waals surface area contributed by atoms with Crippen LogP contribution >= 0.6 is 0 Å². The van der Waals surface area contributed by atoms with E-state index in [0.717, 1.165) is 17.0 Å². The van der Waals surface area contributed by atoms with Crippen LogP contribution in [-0.4, -0.2) is 65.7 Å². The van der Waals surface area contributed by atoms with E-state index in [1.165, 1.54) is 16.4 Å². The fourth-order valence-corrected chi connectivity index (χ4v) is 5.75. The number of amides is 1. The van der Waals surface area contributed by atoms with E-state index in [2.05, 4.69) is 4.90 Å². The van der Waals surface area contributed by atoms with E-state index in [4.69, 9.17) is 9.47 Å². The zero-order valence-corrected chi connectivity index (χ0v) is 22.3. The molecule has 0 bridgehead atoms. The Morgan fingerprint density at radius 1 is 0.919 bits per heavy atom. The van der Waals surface area contributed by atoms with Gasteiger partial charge in [0.25, 0.3) is 10.0 Å². The second-order valence-electron chi connectivity index (χ2n) is 8.79. The van der Waals surface area contributed by atoms with Gasteiger partial charge < -0.3 is 19.3 Å². The number of carbonyl (C=O) groups excluding carboxylic acids is 1. The van der Waals surface area contributed by atoms with Crippen molar-refractivity contribution in [2.75, 3.05) is 55.6 Å². The normalized spacial score (nSPS) is 13.8. The van der Waals surface area contributed by atoms with Crippen molar-refractivity contribution in [3.05, 3.63) is 78.4 Å². The predicted molar refractivity (Wildman–Crippen MR) is 145 cm³/mol. The van der Waals surface area contributed by atoms with Crippen LogP contribution in [0.5, 0.6) is 11.5 Å². The summed E-state index contributed by atoms with van der Waals surface area (Å²) in [6, 6.07) is 21.2. The quantitative estimate of drug-likeness (QED) is 0.423. The van der Waals surface area contributed by atoms with E-state index < -0.39 is 10.0 Å². The van der Waals surface area contributed by atoms with Crippen LogP contribution < -0.4 is 18.7 Å². The summed E-state index contributed by atoms with van der Waals surface area (Å²) in [7, 11) is -2.35. The number of piperazine rings is 1. The molecule has 0 saturated carbocycles. The molecule has 196 valence electrons. The molecule has 0 aromatic heterocycles. The molecule has 8 nitrogen and oxygen atoms in total. The Balaban J connectivity index is 1.53. The van der Waals surface area contributed by atoms with Crippen molar-refractivity contribution in [2.24, 2.45) is 0 Å². The fourth-order valence-electron chi connectivity index (χ4n) is 4.34. The first-order chi connectivity index (χ1) is 17.8. The van der Waals surface area contributed by atoms with Gasteiger partial charge in [0.1, 0.15) is 18.0 Å². The lowest BCUT2D eigenvalue weighted by Crippen LogP contribution is -2.52. The number of carbonyl (C=O) groups is 1. The van der Waals surface area contributed by atoms with Gasteiger partial charge in [0, 0.05) is 26.2 Å². The zero-order chi connectivity index (χ0) is 26.4. The van der Waals surface area contributed by atoms with Crippen molar-refractivity contribution in [2.45, 2.75) is 18.7 Å². The molecule has 4 rings (SSSR count). The number of ether oxygens (including phenoxy) is 2. The average Bonchev–Trinajstić information content (AvgIpc) is 2.92. The molecule has 1 amide bonds. The molecule has 0 aliphatic carbocycles. The smallest absolute Gasteiger partial charge is 0.264 e. The van der Waals surface area contributed by atoms with Gasteiger partial charge in [0.2, 0.25) is 5.91 Å². The van der Waals surface area contributed by atoms with Crippen LogP contribution in [0, 0.1) is 6.92 Å². The Bertz CT molecular complexity index is 1300. The summed E-state index contributed by atoms with van der Waals surface area (Å²) in [5, 5.41) is 0. The molecule has 9 heteroatoms. The maximum absolute atomic E-state index is 13.7. The van der Waals surface area contributed by atoms with Gasteiger partial charge in [-0.3, -0.25) is 9.10 Å². The molecule has 1 aliphatic rings. The van der Waals surface area contributed by atoms with Crippen LogP contribution in [-0.2, 0) is 14.8 Å². The first kappa shape index (κ1) is 26.3. The lowest BCUT2D eigenvalue weighted by atomic mass is 10.2. The number of benzene rings is 3. The summed E-state index contributed by atoms with van der Waals surface area (Å²) in [4.78, 5) is 17.4. The van der Waals surface area contributed by atoms with Crippen molar-refractivity contribution in [3.63, 3.8) is 0 Å². The first-order valence-electron chi connectivity index (χ1n) is 12.3. The Kier molecular flexibility index (Phi) is 8.23. The molecule has 3 aromatic carbocycles. The number of nitrogens with zero attached hydrogens (tertiary/aromatic N) is 3. The van der Waals surface area contributed by atoms with Gasteiger partial charge in [0.05, 0.1) is 30.0 Å². The Labute approximate surface area is 219 Å². The summed E-state index contributed by atoms with van der Waals surface area (Å²) >= 11 is 0. The van der Waals surface area contributed by atoms with E-state index in [1.807, 2.05) is 50.2 Å². The SMILES string of the molecule is CCOc1ccc(S(=O)(=O)N(CC(=O)N2CCN(c3ccccc3OC)CC2)c2ccc(C)cc2)cc1. The maximum Gasteiger partial charge on any atom is 0.264 e. The molecule has 0 N–H and O–H groups in total. The summed E-state index contributed by atoms with van der Waals surface area (Å²) < 4.78 is 39.5. The third-order valence-corrected chi connectivity index (χ3v) is 8.17. The summed E-state index contributed by atoms with van der Waals surface area (Å²) in [6.45, 7) is 6.23. The van der Waals surface area contributed by atoms with E-state index in [0.29, 0.717) is 44.2 Å². The minimum absolute atomic E-state index is 0.102. The second-order valence-corrected chi connectivity index (χ2v) is 10.7. The lowest BCUT2D eigenvalue weighted by molar-refractivity contribution is -0.129. The highest BCUT2D eigenvalue weighted by Crippen LogP contribution is 2.29. The number of anilines is 2. The van der Waals surface area contributed by atoms with Gasteiger partial charge in [-0.1, -0.05) is 29.8 Å². The zero-order valence-electron chi connectivity index (χ0n) is 21.5. The lowest BCUT2D eigenvalue weighted by Gasteiger charge is -2.37. The Morgan fingerprint density at radius 2 is 1.57 bits per heavy atom. The summed E-state index contributed by atoms with van der Waals surface area (Å²) in [5.41, 5.74) is 2.43. The number of para-hydroxylation sites is 2. The van der Waals surface area contributed by atoms with Gasteiger partial charge in [-0.25, -0.2) is 8.42 Å². The molecule has 1 aliphatic heterocycles.